The van der Waals surface area contributed by atoms with Gasteiger partial charge in [0.15, 0.2) is 0 Å². The van der Waals surface area contributed by atoms with E-state index in [4.69, 9.17) is 27.2 Å². The number of nitrogens with two attached hydrogens (primary N) is 1. The molecule has 8 heteroatoms. The van der Waals surface area contributed by atoms with Gasteiger partial charge in [0.2, 0.25) is 0 Å². The van der Waals surface area contributed by atoms with Crippen LogP contribution in [0.5, 0.6) is 0 Å². The summed E-state index contributed by atoms with van der Waals surface area (Å²) in [4.78, 5) is 11.4. The summed E-state index contributed by atoms with van der Waals surface area (Å²) in [6.45, 7) is 3.74. The summed E-state index contributed by atoms with van der Waals surface area (Å²) in [7, 11) is 0. The van der Waals surface area contributed by atoms with Gasteiger partial charge in [0, 0.05) is 18.1 Å². The Morgan fingerprint density at radius 1 is 0.964 bits per heavy atom. The lowest BCUT2D eigenvalue weighted by Crippen LogP contribution is -2.24. The highest BCUT2D eigenvalue weighted by molar-refractivity contribution is 6.30. The number of carboxylic acid groups (broad SMARTS) is 1. The van der Waals surface area contributed by atoms with Crippen LogP contribution in [0.1, 0.15) is 24.0 Å². The Bertz CT molecular complexity index is 695. The minimum Gasteiger partial charge on any atom is -0.475 e. The van der Waals surface area contributed by atoms with Crippen LogP contribution in [-0.4, -0.2) is 35.2 Å². The van der Waals surface area contributed by atoms with Gasteiger partial charge < -0.3 is 10.8 Å². The summed E-state index contributed by atoms with van der Waals surface area (Å²) in [5.74, 6) is -2.76. The van der Waals surface area contributed by atoms with Gasteiger partial charge in [-0.25, -0.2) is 4.79 Å². The third-order valence-corrected chi connectivity index (χ3v) is 3.99. The van der Waals surface area contributed by atoms with Gasteiger partial charge in [-0.1, -0.05) is 54.1 Å². The van der Waals surface area contributed by atoms with Crippen LogP contribution in [0, 0.1) is 0 Å². The summed E-state index contributed by atoms with van der Waals surface area (Å²) < 4.78 is 31.7. The van der Waals surface area contributed by atoms with E-state index in [1.165, 1.54) is 11.1 Å². The van der Waals surface area contributed by atoms with Crippen molar-refractivity contribution < 1.29 is 23.1 Å². The summed E-state index contributed by atoms with van der Waals surface area (Å²) in [6, 6.07) is 18.7. The van der Waals surface area contributed by atoms with E-state index in [1.807, 2.05) is 12.1 Å². The zero-order chi connectivity index (χ0) is 21.0. The Morgan fingerprint density at radius 3 is 1.93 bits per heavy atom. The molecule has 4 nitrogen and oxygen atoms in total. The van der Waals surface area contributed by atoms with Crippen molar-refractivity contribution in [3.8, 4) is 0 Å². The van der Waals surface area contributed by atoms with Gasteiger partial charge in [-0.05, 0) is 49.2 Å². The number of aliphatic carboxylic acids is 1. The second-order valence-electron chi connectivity index (χ2n) is 6.12. The number of nitrogens with zero attached hydrogens (tertiary/aromatic N) is 1. The third-order valence-electron chi connectivity index (χ3n) is 3.74. The summed E-state index contributed by atoms with van der Waals surface area (Å²) in [6.07, 6.45) is -2.87. The van der Waals surface area contributed by atoms with Gasteiger partial charge in [0.05, 0.1) is 0 Å². The molecule has 0 aliphatic heterocycles. The standard InChI is InChI=1S/C18H23ClN2.C2HF3O2/c19-18-10-8-17(9-11-18)15-21(13-5-4-12-20)14-16-6-2-1-3-7-16;3-2(4,5)1(6)7/h1-3,6-11H,4-5,12-15,20H2;(H,6,7). The third kappa shape index (κ3) is 10.3. The van der Waals surface area contributed by atoms with Gasteiger partial charge >= 0.3 is 12.1 Å². The van der Waals surface area contributed by atoms with E-state index in [0.717, 1.165) is 44.0 Å². The normalized spacial score (nSPS) is 11.1. The summed E-state index contributed by atoms with van der Waals surface area (Å²) in [5, 5.41) is 7.91. The molecule has 0 bridgehead atoms. The Morgan fingerprint density at radius 2 is 1.46 bits per heavy atom. The van der Waals surface area contributed by atoms with Crippen LogP contribution in [0.2, 0.25) is 5.02 Å². The van der Waals surface area contributed by atoms with E-state index in [1.54, 1.807) is 0 Å². The van der Waals surface area contributed by atoms with Gasteiger partial charge in [0.25, 0.3) is 0 Å². The molecular weight excluding hydrogens is 393 g/mol. The highest BCUT2D eigenvalue weighted by Gasteiger charge is 2.38. The topological polar surface area (TPSA) is 66.6 Å². The van der Waals surface area contributed by atoms with Crippen molar-refractivity contribution in [2.24, 2.45) is 5.73 Å². The highest BCUT2D eigenvalue weighted by atomic mass is 35.5. The van der Waals surface area contributed by atoms with Gasteiger partial charge in [-0.3, -0.25) is 4.90 Å². The molecule has 0 radical (unpaired) electrons. The molecule has 2 aromatic rings. The number of carbonyl (C=O) groups is 1. The quantitative estimate of drug-likeness (QED) is 0.611. The molecule has 0 aromatic heterocycles. The molecule has 0 atom stereocenters. The minimum atomic E-state index is -5.08. The van der Waals surface area contributed by atoms with Gasteiger partial charge in [-0.2, -0.15) is 13.2 Å². The number of unbranched alkanes of at least 4 members (excludes halogenated alkanes) is 1. The second kappa shape index (κ2) is 12.4. The first-order valence-electron chi connectivity index (χ1n) is 8.73. The molecule has 154 valence electrons. The molecule has 0 spiro atoms. The molecule has 0 aliphatic carbocycles. The van der Waals surface area contributed by atoms with Crippen LogP contribution in [-0.2, 0) is 17.9 Å². The number of carboxylic acids is 1. The zero-order valence-electron chi connectivity index (χ0n) is 15.3. The molecule has 0 saturated heterocycles. The molecule has 28 heavy (non-hydrogen) atoms. The number of rotatable bonds is 8. The first-order chi connectivity index (χ1) is 13.2. The van der Waals surface area contributed by atoms with Crippen LogP contribution in [0.3, 0.4) is 0 Å². The molecule has 0 amide bonds. The predicted molar refractivity (Wildman–Crippen MR) is 104 cm³/mol. The van der Waals surface area contributed by atoms with Crippen molar-refractivity contribution in [1.29, 1.82) is 0 Å². The summed E-state index contributed by atoms with van der Waals surface area (Å²) in [5.41, 5.74) is 8.24. The number of halogens is 4. The second-order valence-corrected chi connectivity index (χ2v) is 6.56. The highest BCUT2D eigenvalue weighted by Crippen LogP contribution is 2.14. The Labute approximate surface area is 167 Å². The summed E-state index contributed by atoms with van der Waals surface area (Å²) >= 11 is 5.95. The number of benzene rings is 2. The molecule has 0 heterocycles. The van der Waals surface area contributed by atoms with E-state index in [-0.39, 0.29) is 0 Å². The molecular formula is C20H24ClF3N2O2. The Kier molecular flexibility index (Phi) is 10.6. The number of hydrogen-bond acceptors (Lipinski definition) is 3. The maximum atomic E-state index is 10.6. The van der Waals surface area contributed by atoms with E-state index < -0.39 is 12.1 Å². The monoisotopic (exact) mass is 416 g/mol. The fourth-order valence-electron chi connectivity index (χ4n) is 2.38. The predicted octanol–water partition coefficient (Wildman–Crippen LogP) is 4.71. The van der Waals surface area contributed by atoms with Gasteiger partial charge in [0.1, 0.15) is 0 Å². The fourth-order valence-corrected chi connectivity index (χ4v) is 2.51. The zero-order valence-corrected chi connectivity index (χ0v) is 16.1. The lowest BCUT2D eigenvalue weighted by atomic mass is 10.1. The van der Waals surface area contributed by atoms with E-state index in [2.05, 4.69) is 47.4 Å². The molecule has 2 rings (SSSR count). The van der Waals surface area contributed by atoms with Crippen molar-refractivity contribution in [2.75, 3.05) is 13.1 Å². The largest absolute Gasteiger partial charge is 0.490 e. The SMILES string of the molecule is NCCCCN(Cc1ccccc1)Cc1ccc(Cl)cc1.O=C(O)C(F)(F)F. The van der Waals surface area contributed by atoms with Crippen LogP contribution < -0.4 is 5.73 Å². The average Bonchev–Trinajstić information content (AvgIpc) is 2.64. The van der Waals surface area contributed by atoms with Crippen LogP contribution >= 0.6 is 11.6 Å². The minimum absolute atomic E-state index is 0.764. The van der Waals surface area contributed by atoms with Crippen molar-refractivity contribution in [3.05, 3.63) is 70.7 Å². The smallest absolute Gasteiger partial charge is 0.475 e. The van der Waals surface area contributed by atoms with E-state index >= 15 is 0 Å². The van der Waals surface area contributed by atoms with Crippen LogP contribution in [0.15, 0.2) is 54.6 Å². The molecule has 2 aromatic carbocycles. The Balaban J connectivity index is 0.000000480. The average molecular weight is 417 g/mol. The van der Waals surface area contributed by atoms with Crippen molar-refractivity contribution >= 4 is 17.6 Å². The maximum absolute atomic E-state index is 10.6. The van der Waals surface area contributed by atoms with Crippen molar-refractivity contribution in [2.45, 2.75) is 32.1 Å². The number of hydrogen-bond donors (Lipinski definition) is 2. The van der Waals surface area contributed by atoms with E-state index in [9.17, 15) is 13.2 Å². The first-order valence-corrected chi connectivity index (χ1v) is 9.11. The maximum Gasteiger partial charge on any atom is 0.490 e. The van der Waals surface area contributed by atoms with Gasteiger partial charge in [-0.15, -0.1) is 0 Å². The fraction of sp³-hybridized carbons (Fsp3) is 0.350. The lowest BCUT2D eigenvalue weighted by Gasteiger charge is -2.22. The molecule has 0 saturated carbocycles. The number of alkyl halides is 3. The van der Waals surface area contributed by atoms with Crippen molar-refractivity contribution in [1.82, 2.24) is 4.90 Å². The van der Waals surface area contributed by atoms with E-state index in [0.29, 0.717) is 0 Å². The van der Waals surface area contributed by atoms with Crippen molar-refractivity contribution in [3.63, 3.8) is 0 Å². The van der Waals surface area contributed by atoms with Crippen LogP contribution in [0.25, 0.3) is 0 Å². The molecule has 0 fully saturated rings. The molecule has 3 N–H and O–H groups in total. The first kappa shape index (κ1) is 23.9. The molecule has 0 aliphatic rings. The van der Waals surface area contributed by atoms with Crippen LogP contribution in [0.4, 0.5) is 13.2 Å². The lowest BCUT2D eigenvalue weighted by molar-refractivity contribution is -0.192. The Hall–Kier alpha value is -2.09. The molecule has 0 unspecified atom stereocenters.